The van der Waals surface area contributed by atoms with Crippen LogP contribution in [0.15, 0.2) is 59.4 Å². The Morgan fingerprint density at radius 1 is 0.738 bits per heavy atom. The van der Waals surface area contributed by atoms with Crippen LogP contribution in [-0.2, 0) is 18.2 Å². The lowest BCUT2D eigenvalue weighted by Crippen LogP contribution is -2.37. The Labute approximate surface area is 244 Å². The second-order valence-electron chi connectivity index (χ2n) is 10.5. The average Bonchev–Trinajstić information content (AvgIpc) is 3.04. The molecule has 0 atom stereocenters. The number of pyridine rings is 1. The Morgan fingerprint density at radius 3 is 2.07 bits per heavy atom. The molecule has 0 radical (unpaired) electrons. The first-order valence-corrected chi connectivity index (χ1v) is 14.1. The summed E-state index contributed by atoms with van der Waals surface area (Å²) in [6.45, 7) is 4.59. The molecule has 0 unspecified atom stereocenters. The number of hydrogen-bond acceptors (Lipinski definition) is 7. The minimum atomic E-state index is -0.165. The number of morpholine rings is 1. The van der Waals surface area contributed by atoms with Gasteiger partial charge in [0.15, 0.2) is 23.0 Å². The van der Waals surface area contributed by atoms with Crippen LogP contribution < -0.4 is 24.5 Å². The molecule has 1 aromatic heterocycles. The average molecular weight is 569 g/mol. The lowest BCUT2D eigenvalue weighted by Gasteiger charge is -2.26. The molecule has 6 rings (SSSR count). The summed E-state index contributed by atoms with van der Waals surface area (Å²) in [5.41, 5.74) is 3.86. The Bertz CT molecular complexity index is 1840. The van der Waals surface area contributed by atoms with E-state index in [-0.39, 0.29) is 5.56 Å². The summed E-state index contributed by atoms with van der Waals surface area (Å²) in [7, 11) is 8.22. The SMILES string of the molecule is COc1cc2c(ccc3c4ccc(OC)c(OC)c4c(=O)n(C)c23)c(-c2ccc(CCN3CCOCC3)cc2)c1OC. The molecule has 42 heavy (non-hydrogen) atoms. The molecule has 1 fully saturated rings. The molecule has 0 amide bonds. The molecule has 0 bridgehead atoms. The third-order valence-corrected chi connectivity index (χ3v) is 8.39. The van der Waals surface area contributed by atoms with Gasteiger partial charge in [-0.25, -0.2) is 0 Å². The van der Waals surface area contributed by atoms with Gasteiger partial charge in [0.2, 0.25) is 0 Å². The van der Waals surface area contributed by atoms with E-state index in [0.29, 0.717) is 28.4 Å². The molecule has 218 valence electrons. The summed E-state index contributed by atoms with van der Waals surface area (Å²) >= 11 is 0. The third-order valence-electron chi connectivity index (χ3n) is 8.39. The van der Waals surface area contributed by atoms with Crippen molar-refractivity contribution >= 4 is 32.4 Å². The number of fused-ring (bicyclic) bond motifs is 5. The quantitative estimate of drug-likeness (QED) is 0.232. The Balaban J connectivity index is 1.54. The molecule has 0 saturated carbocycles. The van der Waals surface area contributed by atoms with Gasteiger partial charge in [0.1, 0.15) is 0 Å². The standard InChI is InChI=1S/C34H36N2O6/c1-35-31-25(23-12-13-27(38-2)32(40-4)30(23)34(35)37)11-10-24-26(31)20-28(39-3)33(41-5)29(24)22-8-6-21(7-9-22)14-15-36-16-18-42-19-17-36/h6-13,20H,14-19H2,1-5H3. The van der Waals surface area contributed by atoms with Gasteiger partial charge in [0, 0.05) is 48.4 Å². The van der Waals surface area contributed by atoms with Crippen LogP contribution in [0.2, 0.25) is 0 Å². The maximum absolute atomic E-state index is 13.8. The Hall–Kier alpha value is -4.27. The van der Waals surface area contributed by atoms with Crippen molar-refractivity contribution in [1.29, 1.82) is 0 Å². The van der Waals surface area contributed by atoms with Crippen LogP contribution in [0.1, 0.15) is 5.56 Å². The molecule has 8 heteroatoms. The van der Waals surface area contributed by atoms with Crippen molar-refractivity contribution in [2.75, 3.05) is 61.3 Å². The summed E-state index contributed by atoms with van der Waals surface area (Å²) in [6, 6.07) is 18.5. The van der Waals surface area contributed by atoms with E-state index in [1.54, 1.807) is 40.1 Å². The summed E-state index contributed by atoms with van der Waals surface area (Å²) in [5, 5.41) is 4.08. The Morgan fingerprint density at radius 2 is 1.40 bits per heavy atom. The first kappa shape index (κ1) is 27.9. The van der Waals surface area contributed by atoms with Crippen molar-refractivity contribution in [2.45, 2.75) is 6.42 Å². The summed E-state index contributed by atoms with van der Waals surface area (Å²) in [6.07, 6.45) is 0.977. The zero-order valence-electron chi connectivity index (χ0n) is 24.8. The molecule has 5 aromatic rings. The number of aromatic nitrogens is 1. The van der Waals surface area contributed by atoms with Crippen LogP contribution in [0.25, 0.3) is 43.6 Å². The van der Waals surface area contributed by atoms with E-state index in [9.17, 15) is 4.79 Å². The fourth-order valence-corrected chi connectivity index (χ4v) is 6.22. The van der Waals surface area contributed by atoms with Crippen LogP contribution in [0.4, 0.5) is 0 Å². The van der Waals surface area contributed by atoms with E-state index >= 15 is 0 Å². The second-order valence-corrected chi connectivity index (χ2v) is 10.5. The van der Waals surface area contributed by atoms with Gasteiger partial charge in [-0.3, -0.25) is 9.69 Å². The molecule has 1 aliphatic heterocycles. The number of methoxy groups -OCH3 is 4. The van der Waals surface area contributed by atoms with Crippen LogP contribution in [0.3, 0.4) is 0 Å². The van der Waals surface area contributed by atoms with E-state index < -0.39 is 0 Å². The van der Waals surface area contributed by atoms with E-state index in [1.807, 2.05) is 18.2 Å². The van der Waals surface area contributed by atoms with Crippen LogP contribution >= 0.6 is 0 Å². The molecule has 2 heterocycles. The molecule has 4 aromatic carbocycles. The molecular weight excluding hydrogens is 532 g/mol. The summed E-state index contributed by atoms with van der Waals surface area (Å²) in [4.78, 5) is 16.3. The van der Waals surface area contributed by atoms with Crippen molar-refractivity contribution in [3.8, 4) is 34.1 Å². The topological polar surface area (TPSA) is 71.4 Å². The number of aryl methyl sites for hydroxylation is 1. The van der Waals surface area contributed by atoms with Gasteiger partial charge < -0.3 is 28.3 Å². The maximum atomic E-state index is 13.8. The highest BCUT2D eigenvalue weighted by Crippen LogP contribution is 2.46. The van der Waals surface area contributed by atoms with Crippen LogP contribution in [-0.4, -0.2) is 70.8 Å². The number of ether oxygens (including phenoxy) is 5. The largest absolute Gasteiger partial charge is 0.493 e. The number of benzene rings is 4. The predicted molar refractivity (Wildman–Crippen MR) is 167 cm³/mol. The monoisotopic (exact) mass is 568 g/mol. The number of nitrogens with zero attached hydrogens (tertiary/aromatic N) is 2. The smallest absolute Gasteiger partial charge is 0.262 e. The fraction of sp³-hybridized carbons (Fsp3) is 0.324. The molecule has 1 aliphatic rings. The van der Waals surface area contributed by atoms with Gasteiger partial charge in [0.05, 0.1) is 52.6 Å². The molecule has 0 aliphatic carbocycles. The normalized spacial score (nSPS) is 14.0. The second kappa shape index (κ2) is 11.5. The molecule has 8 nitrogen and oxygen atoms in total. The molecular formula is C34H36N2O6. The highest BCUT2D eigenvalue weighted by atomic mass is 16.5. The van der Waals surface area contributed by atoms with Crippen molar-refractivity contribution < 1.29 is 23.7 Å². The number of rotatable bonds is 8. The van der Waals surface area contributed by atoms with Gasteiger partial charge in [-0.05, 0) is 41.1 Å². The van der Waals surface area contributed by atoms with Gasteiger partial charge in [-0.1, -0.05) is 36.4 Å². The van der Waals surface area contributed by atoms with E-state index in [0.717, 1.165) is 77.5 Å². The highest BCUT2D eigenvalue weighted by Gasteiger charge is 2.22. The van der Waals surface area contributed by atoms with E-state index in [4.69, 9.17) is 23.7 Å². The molecule has 0 N–H and O–H groups in total. The number of hydrogen-bond donors (Lipinski definition) is 0. The van der Waals surface area contributed by atoms with Crippen LogP contribution in [0, 0.1) is 0 Å². The highest BCUT2D eigenvalue weighted by molar-refractivity contribution is 6.19. The van der Waals surface area contributed by atoms with Crippen molar-refractivity contribution in [3.05, 3.63) is 70.5 Å². The van der Waals surface area contributed by atoms with Crippen molar-refractivity contribution in [1.82, 2.24) is 9.47 Å². The van der Waals surface area contributed by atoms with Crippen molar-refractivity contribution in [2.24, 2.45) is 7.05 Å². The first-order valence-electron chi connectivity index (χ1n) is 14.1. The van der Waals surface area contributed by atoms with Gasteiger partial charge in [0.25, 0.3) is 5.56 Å². The van der Waals surface area contributed by atoms with Gasteiger partial charge >= 0.3 is 0 Å². The third kappa shape index (κ3) is 4.61. The lowest BCUT2D eigenvalue weighted by atomic mass is 9.92. The predicted octanol–water partition coefficient (Wildman–Crippen LogP) is 5.42. The first-order chi connectivity index (χ1) is 20.5. The summed E-state index contributed by atoms with van der Waals surface area (Å²) in [5.74, 6) is 2.20. The fourth-order valence-electron chi connectivity index (χ4n) is 6.22. The molecule has 1 saturated heterocycles. The zero-order valence-corrected chi connectivity index (χ0v) is 24.8. The minimum absolute atomic E-state index is 0.165. The van der Waals surface area contributed by atoms with E-state index in [1.165, 1.54) is 5.56 Å². The lowest BCUT2D eigenvalue weighted by molar-refractivity contribution is 0.0384. The maximum Gasteiger partial charge on any atom is 0.262 e. The molecule has 0 spiro atoms. The van der Waals surface area contributed by atoms with E-state index in [2.05, 4.69) is 41.3 Å². The minimum Gasteiger partial charge on any atom is -0.493 e. The van der Waals surface area contributed by atoms with Crippen LogP contribution in [0.5, 0.6) is 23.0 Å². The zero-order chi connectivity index (χ0) is 29.4. The van der Waals surface area contributed by atoms with Gasteiger partial charge in [-0.2, -0.15) is 0 Å². The summed E-state index contributed by atoms with van der Waals surface area (Å²) < 4.78 is 30.1. The van der Waals surface area contributed by atoms with Crippen molar-refractivity contribution in [3.63, 3.8) is 0 Å². The Kier molecular flexibility index (Phi) is 7.66. The van der Waals surface area contributed by atoms with Gasteiger partial charge in [-0.15, -0.1) is 0 Å².